The average Bonchev–Trinajstić information content (AvgIpc) is 2.88. The van der Waals surface area contributed by atoms with E-state index in [0.717, 1.165) is 25.4 Å². The lowest BCUT2D eigenvalue weighted by Gasteiger charge is -2.26. The topological polar surface area (TPSA) is 40.5 Å². The molecule has 1 heterocycles. The number of aliphatic carboxylic acids is 1. The fourth-order valence-electron chi connectivity index (χ4n) is 2.89. The van der Waals surface area contributed by atoms with Gasteiger partial charge in [-0.1, -0.05) is 6.92 Å². The summed E-state index contributed by atoms with van der Waals surface area (Å²) in [6.45, 7) is 4.37. The zero-order valence-corrected chi connectivity index (χ0v) is 8.78. The first-order valence-corrected chi connectivity index (χ1v) is 5.68. The highest BCUT2D eigenvalue weighted by Crippen LogP contribution is 2.43. The van der Waals surface area contributed by atoms with Crippen LogP contribution in [-0.4, -0.2) is 35.1 Å². The fourth-order valence-corrected chi connectivity index (χ4v) is 2.89. The van der Waals surface area contributed by atoms with E-state index in [4.69, 9.17) is 5.11 Å². The summed E-state index contributed by atoms with van der Waals surface area (Å²) in [5, 5.41) is 8.83. The lowest BCUT2D eigenvalue weighted by Crippen LogP contribution is -2.35. The Morgan fingerprint density at radius 3 is 2.64 bits per heavy atom. The summed E-state index contributed by atoms with van der Waals surface area (Å²) >= 11 is 0. The van der Waals surface area contributed by atoms with Crippen LogP contribution in [0.4, 0.5) is 0 Å². The molecule has 0 unspecified atom stereocenters. The molecule has 0 aromatic carbocycles. The van der Waals surface area contributed by atoms with Crippen LogP contribution in [0, 0.1) is 11.8 Å². The molecule has 80 valence electrons. The van der Waals surface area contributed by atoms with Gasteiger partial charge in [-0.2, -0.15) is 0 Å². The molecule has 1 aliphatic carbocycles. The SMILES string of the molecule is CCN1CC[C@@H](CC(=O)O)[C@@H]1C1CC1. The van der Waals surface area contributed by atoms with Crippen molar-refractivity contribution in [1.82, 2.24) is 4.90 Å². The van der Waals surface area contributed by atoms with Gasteiger partial charge in [-0.05, 0) is 44.2 Å². The van der Waals surface area contributed by atoms with Crippen LogP contribution in [0.25, 0.3) is 0 Å². The van der Waals surface area contributed by atoms with E-state index in [-0.39, 0.29) is 0 Å². The van der Waals surface area contributed by atoms with Crippen LogP contribution in [0.1, 0.15) is 32.6 Å². The summed E-state index contributed by atoms with van der Waals surface area (Å²) in [7, 11) is 0. The maximum atomic E-state index is 10.7. The highest BCUT2D eigenvalue weighted by molar-refractivity contribution is 5.67. The monoisotopic (exact) mass is 197 g/mol. The summed E-state index contributed by atoms with van der Waals surface area (Å²) in [6.07, 6.45) is 4.09. The molecular formula is C11H19NO2. The van der Waals surface area contributed by atoms with Crippen molar-refractivity contribution in [2.75, 3.05) is 13.1 Å². The summed E-state index contributed by atoms with van der Waals surface area (Å²) in [6, 6.07) is 0.580. The van der Waals surface area contributed by atoms with Crippen molar-refractivity contribution in [3.8, 4) is 0 Å². The van der Waals surface area contributed by atoms with Gasteiger partial charge in [0.2, 0.25) is 0 Å². The van der Waals surface area contributed by atoms with Crippen molar-refractivity contribution in [2.24, 2.45) is 11.8 Å². The number of hydrogen-bond donors (Lipinski definition) is 1. The lowest BCUT2D eigenvalue weighted by molar-refractivity contribution is -0.138. The highest BCUT2D eigenvalue weighted by atomic mass is 16.4. The van der Waals surface area contributed by atoms with Gasteiger partial charge in [0.25, 0.3) is 0 Å². The Kier molecular flexibility index (Phi) is 2.77. The minimum atomic E-state index is -0.626. The van der Waals surface area contributed by atoms with E-state index in [1.165, 1.54) is 12.8 Å². The van der Waals surface area contributed by atoms with Crippen LogP contribution in [0.2, 0.25) is 0 Å². The van der Waals surface area contributed by atoms with E-state index < -0.39 is 5.97 Å². The van der Waals surface area contributed by atoms with Crippen molar-refractivity contribution in [3.05, 3.63) is 0 Å². The molecule has 3 nitrogen and oxygen atoms in total. The Bertz CT molecular complexity index is 225. The normalized spacial score (nSPS) is 33.5. The molecule has 0 radical (unpaired) electrons. The third kappa shape index (κ3) is 1.92. The molecule has 0 spiro atoms. The molecular weight excluding hydrogens is 178 g/mol. The number of rotatable bonds is 4. The predicted molar refractivity (Wildman–Crippen MR) is 54.1 cm³/mol. The molecule has 2 fully saturated rings. The van der Waals surface area contributed by atoms with E-state index in [1.807, 2.05) is 0 Å². The molecule has 0 aromatic rings. The third-order valence-electron chi connectivity index (χ3n) is 3.64. The number of carbonyl (C=O) groups is 1. The van der Waals surface area contributed by atoms with Crippen LogP contribution < -0.4 is 0 Å². The van der Waals surface area contributed by atoms with Crippen LogP contribution >= 0.6 is 0 Å². The molecule has 2 rings (SSSR count). The number of hydrogen-bond acceptors (Lipinski definition) is 2. The molecule has 1 saturated carbocycles. The first-order chi connectivity index (χ1) is 6.72. The summed E-state index contributed by atoms with van der Waals surface area (Å²) in [5.74, 6) is 0.598. The second kappa shape index (κ2) is 3.89. The molecule has 2 aliphatic rings. The van der Waals surface area contributed by atoms with Gasteiger partial charge in [0, 0.05) is 12.5 Å². The largest absolute Gasteiger partial charge is 0.481 e. The quantitative estimate of drug-likeness (QED) is 0.744. The van der Waals surface area contributed by atoms with Gasteiger partial charge in [-0.25, -0.2) is 0 Å². The van der Waals surface area contributed by atoms with Gasteiger partial charge < -0.3 is 10.0 Å². The molecule has 14 heavy (non-hydrogen) atoms. The third-order valence-corrected chi connectivity index (χ3v) is 3.64. The smallest absolute Gasteiger partial charge is 0.303 e. The number of carboxylic acids is 1. The summed E-state index contributed by atoms with van der Waals surface area (Å²) in [5.41, 5.74) is 0. The number of carboxylic acid groups (broad SMARTS) is 1. The Hall–Kier alpha value is -0.570. The Balaban J connectivity index is 1.98. The van der Waals surface area contributed by atoms with Crippen LogP contribution in [0.15, 0.2) is 0 Å². The second-order valence-corrected chi connectivity index (χ2v) is 4.60. The summed E-state index contributed by atoms with van der Waals surface area (Å²) in [4.78, 5) is 13.2. The second-order valence-electron chi connectivity index (χ2n) is 4.60. The highest BCUT2D eigenvalue weighted by Gasteiger charge is 2.43. The number of likely N-dealkylation sites (tertiary alicyclic amines) is 1. The molecule has 2 atom stereocenters. The van der Waals surface area contributed by atoms with Crippen molar-refractivity contribution in [2.45, 2.75) is 38.6 Å². The van der Waals surface area contributed by atoms with Crippen LogP contribution in [-0.2, 0) is 4.79 Å². The predicted octanol–water partition coefficient (Wildman–Crippen LogP) is 1.58. The van der Waals surface area contributed by atoms with E-state index in [1.54, 1.807) is 0 Å². The van der Waals surface area contributed by atoms with Gasteiger partial charge in [-0.15, -0.1) is 0 Å². The van der Waals surface area contributed by atoms with E-state index in [2.05, 4.69) is 11.8 Å². The Labute approximate surface area is 85.1 Å². The first-order valence-electron chi connectivity index (χ1n) is 5.68. The van der Waals surface area contributed by atoms with Gasteiger partial charge in [0.05, 0.1) is 0 Å². The fraction of sp³-hybridized carbons (Fsp3) is 0.909. The lowest BCUT2D eigenvalue weighted by atomic mass is 9.93. The molecule has 1 N–H and O–H groups in total. The molecule has 0 amide bonds. The zero-order valence-electron chi connectivity index (χ0n) is 8.78. The van der Waals surface area contributed by atoms with Gasteiger partial charge in [-0.3, -0.25) is 4.79 Å². The zero-order chi connectivity index (χ0) is 10.1. The van der Waals surface area contributed by atoms with Crippen LogP contribution in [0.5, 0.6) is 0 Å². The molecule has 0 bridgehead atoms. The molecule has 1 saturated heterocycles. The van der Waals surface area contributed by atoms with Gasteiger partial charge >= 0.3 is 5.97 Å². The Morgan fingerprint density at radius 2 is 2.14 bits per heavy atom. The first kappa shape index (κ1) is 9.97. The van der Waals surface area contributed by atoms with Gasteiger partial charge in [0.15, 0.2) is 0 Å². The van der Waals surface area contributed by atoms with Crippen molar-refractivity contribution < 1.29 is 9.90 Å². The average molecular weight is 197 g/mol. The maximum absolute atomic E-state index is 10.7. The maximum Gasteiger partial charge on any atom is 0.303 e. The minimum Gasteiger partial charge on any atom is -0.481 e. The van der Waals surface area contributed by atoms with Crippen molar-refractivity contribution in [1.29, 1.82) is 0 Å². The summed E-state index contributed by atoms with van der Waals surface area (Å²) < 4.78 is 0. The van der Waals surface area contributed by atoms with E-state index in [0.29, 0.717) is 18.4 Å². The molecule has 3 heteroatoms. The van der Waals surface area contributed by atoms with Crippen molar-refractivity contribution >= 4 is 5.97 Å². The van der Waals surface area contributed by atoms with E-state index in [9.17, 15) is 4.79 Å². The van der Waals surface area contributed by atoms with Crippen molar-refractivity contribution in [3.63, 3.8) is 0 Å². The minimum absolute atomic E-state index is 0.373. The molecule has 0 aromatic heterocycles. The van der Waals surface area contributed by atoms with E-state index >= 15 is 0 Å². The number of nitrogens with zero attached hydrogens (tertiary/aromatic N) is 1. The Morgan fingerprint density at radius 1 is 1.43 bits per heavy atom. The van der Waals surface area contributed by atoms with Crippen LogP contribution in [0.3, 0.4) is 0 Å². The molecule has 1 aliphatic heterocycles. The standard InChI is InChI=1S/C11H19NO2/c1-2-12-6-5-9(7-10(13)14)11(12)8-3-4-8/h8-9,11H,2-7H2,1H3,(H,13,14)/t9-,11-/m0/s1. The van der Waals surface area contributed by atoms with Gasteiger partial charge in [0.1, 0.15) is 0 Å².